The van der Waals surface area contributed by atoms with E-state index in [1.54, 1.807) is 0 Å². The van der Waals surface area contributed by atoms with Crippen molar-refractivity contribution in [2.75, 3.05) is 5.75 Å². The summed E-state index contributed by atoms with van der Waals surface area (Å²) in [5.41, 5.74) is 4.60. The van der Waals surface area contributed by atoms with Gasteiger partial charge < -0.3 is 16.0 Å². The van der Waals surface area contributed by atoms with E-state index >= 15 is 0 Å². The van der Waals surface area contributed by atoms with Crippen LogP contribution in [-0.2, 0) is 4.79 Å². The number of primary amides is 1. The number of nitrogens with zero attached hydrogens (tertiary/aromatic N) is 1. The number of carbonyl (C=O) groups excluding carboxylic acids is 1. The van der Waals surface area contributed by atoms with Gasteiger partial charge in [0, 0.05) is 24.1 Å². The van der Waals surface area contributed by atoms with Gasteiger partial charge in [0.05, 0.1) is 5.54 Å². The van der Waals surface area contributed by atoms with E-state index in [1.165, 1.54) is 24.0 Å². The lowest BCUT2D eigenvalue weighted by atomic mass is 9.98. The molecule has 6 nitrogen and oxygen atoms in total. The summed E-state index contributed by atoms with van der Waals surface area (Å²) in [7, 11) is 0. The molecule has 0 saturated heterocycles. The molecule has 1 aromatic heterocycles. The minimum absolute atomic E-state index is 0.175. The molecule has 1 aromatic rings. The van der Waals surface area contributed by atoms with Gasteiger partial charge in [0.1, 0.15) is 0 Å². The molecule has 1 unspecified atom stereocenters. The average molecular weight is 282 g/mol. The van der Waals surface area contributed by atoms with Gasteiger partial charge in [0.2, 0.25) is 5.91 Å². The van der Waals surface area contributed by atoms with Gasteiger partial charge in [-0.05, 0) is 26.2 Å². The molecular weight excluding hydrogens is 264 g/mol. The van der Waals surface area contributed by atoms with E-state index in [-0.39, 0.29) is 11.5 Å². The van der Waals surface area contributed by atoms with Gasteiger partial charge in [-0.2, -0.15) is 0 Å². The van der Waals surface area contributed by atoms with Crippen LogP contribution in [0.4, 0.5) is 0 Å². The SMILES string of the molecule is CC(CCSc1nccc(=O)[nH]1)(NC1CC1)C(N)=O. The van der Waals surface area contributed by atoms with Crippen molar-refractivity contribution in [1.82, 2.24) is 15.3 Å². The lowest BCUT2D eigenvalue weighted by Gasteiger charge is -2.27. The summed E-state index contributed by atoms with van der Waals surface area (Å²) >= 11 is 1.41. The number of H-pyrrole nitrogens is 1. The van der Waals surface area contributed by atoms with Crippen molar-refractivity contribution in [3.05, 3.63) is 22.6 Å². The molecule has 0 bridgehead atoms. The fourth-order valence-corrected chi connectivity index (χ4v) is 2.73. The highest BCUT2D eigenvalue weighted by Gasteiger charge is 2.36. The highest BCUT2D eigenvalue weighted by atomic mass is 32.2. The molecule has 1 aliphatic carbocycles. The highest BCUT2D eigenvalue weighted by molar-refractivity contribution is 7.99. The zero-order valence-corrected chi connectivity index (χ0v) is 11.6. The Kier molecular flexibility index (Phi) is 4.26. The molecule has 2 rings (SSSR count). The first-order chi connectivity index (χ1) is 8.99. The van der Waals surface area contributed by atoms with Crippen LogP contribution in [0.25, 0.3) is 0 Å². The van der Waals surface area contributed by atoms with Gasteiger partial charge in [-0.1, -0.05) is 11.8 Å². The van der Waals surface area contributed by atoms with Crippen molar-refractivity contribution in [3.8, 4) is 0 Å². The Labute approximate surface area is 115 Å². The van der Waals surface area contributed by atoms with Crippen molar-refractivity contribution in [3.63, 3.8) is 0 Å². The summed E-state index contributed by atoms with van der Waals surface area (Å²) in [4.78, 5) is 29.4. The maximum atomic E-state index is 11.6. The smallest absolute Gasteiger partial charge is 0.251 e. The van der Waals surface area contributed by atoms with E-state index < -0.39 is 5.54 Å². The molecule has 1 amide bonds. The van der Waals surface area contributed by atoms with Crippen LogP contribution in [0.2, 0.25) is 0 Å². The number of aromatic nitrogens is 2. The van der Waals surface area contributed by atoms with Crippen molar-refractivity contribution < 1.29 is 4.79 Å². The van der Waals surface area contributed by atoms with Crippen LogP contribution >= 0.6 is 11.8 Å². The maximum absolute atomic E-state index is 11.6. The lowest BCUT2D eigenvalue weighted by molar-refractivity contribution is -0.124. The van der Waals surface area contributed by atoms with Crippen LogP contribution in [0.15, 0.2) is 22.2 Å². The molecule has 1 heterocycles. The summed E-state index contributed by atoms with van der Waals surface area (Å²) in [6, 6.07) is 1.78. The Morgan fingerprint density at radius 3 is 3.00 bits per heavy atom. The number of hydrogen-bond acceptors (Lipinski definition) is 5. The second kappa shape index (κ2) is 5.75. The fourth-order valence-electron chi connectivity index (χ4n) is 1.72. The van der Waals surface area contributed by atoms with Crippen LogP contribution in [-0.4, -0.2) is 33.2 Å². The van der Waals surface area contributed by atoms with Crippen molar-refractivity contribution in [2.45, 2.75) is 42.9 Å². The standard InChI is InChI=1S/C12H18N4O2S/c1-12(10(13)18,16-8-2-3-8)5-7-19-11-14-6-4-9(17)15-11/h4,6,8,16H,2-3,5,7H2,1H3,(H2,13,18)(H,14,15,17). The predicted octanol–water partition coefficient (Wildman–Crippen LogP) is 0.248. The summed E-state index contributed by atoms with van der Waals surface area (Å²) in [5, 5.41) is 3.85. The van der Waals surface area contributed by atoms with Gasteiger partial charge >= 0.3 is 0 Å². The Balaban J connectivity index is 1.88. The Bertz CT molecular complexity index is 514. The summed E-state index contributed by atoms with van der Waals surface area (Å²) in [6.45, 7) is 1.83. The molecule has 19 heavy (non-hydrogen) atoms. The molecule has 1 atom stereocenters. The molecular formula is C12H18N4O2S. The van der Waals surface area contributed by atoms with E-state index in [9.17, 15) is 9.59 Å². The van der Waals surface area contributed by atoms with Crippen molar-refractivity contribution in [2.24, 2.45) is 5.73 Å². The number of thioether (sulfide) groups is 1. The Morgan fingerprint density at radius 1 is 1.68 bits per heavy atom. The molecule has 1 aliphatic rings. The number of rotatable bonds is 7. The topological polar surface area (TPSA) is 101 Å². The molecule has 0 spiro atoms. The Hall–Kier alpha value is -1.34. The second-order valence-electron chi connectivity index (χ2n) is 4.95. The summed E-state index contributed by atoms with van der Waals surface area (Å²) in [6.07, 6.45) is 4.27. The molecule has 1 fully saturated rings. The van der Waals surface area contributed by atoms with Crippen LogP contribution in [0.1, 0.15) is 26.2 Å². The number of hydrogen-bond donors (Lipinski definition) is 3. The minimum Gasteiger partial charge on any atom is -0.368 e. The third-order valence-electron chi connectivity index (χ3n) is 3.13. The largest absolute Gasteiger partial charge is 0.368 e. The molecule has 104 valence electrons. The molecule has 0 radical (unpaired) electrons. The van der Waals surface area contributed by atoms with Crippen LogP contribution in [0, 0.1) is 0 Å². The van der Waals surface area contributed by atoms with Crippen molar-refractivity contribution >= 4 is 17.7 Å². The van der Waals surface area contributed by atoms with Gasteiger partial charge in [0.15, 0.2) is 5.16 Å². The van der Waals surface area contributed by atoms with E-state index in [4.69, 9.17) is 5.73 Å². The molecule has 4 N–H and O–H groups in total. The molecule has 0 aliphatic heterocycles. The number of aromatic amines is 1. The molecule has 1 saturated carbocycles. The van der Waals surface area contributed by atoms with Gasteiger partial charge in [-0.15, -0.1) is 0 Å². The third kappa shape index (κ3) is 4.07. The predicted molar refractivity (Wildman–Crippen MR) is 74.0 cm³/mol. The fraction of sp³-hybridized carbons (Fsp3) is 0.583. The monoisotopic (exact) mass is 282 g/mol. The maximum Gasteiger partial charge on any atom is 0.251 e. The van der Waals surface area contributed by atoms with Crippen LogP contribution in [0.5, 0.6) is 0 Å². The molecule has 7 heteroatoms. The normalized spacial score (nSPS) is 17.9. The quantitative estimate of drug-likeness (QED) is 0.491. The van der Waals surface area contributed by atoms with E-state index in [0.717, 1.165) is 12.8 Å². The summed E-state index contributed by atoms with van der Waals surface area (Å²) < 4.78 is 0. The van der Waals surface area contributed by atoms with E-state index in [2.05, 4.69) is 15.3 Å². The number of carbonyl (C=O) groups is 1. The second-order valence-corrected chi connectivity index (χ2v) is 6.04. The number of nitrogens with two attached hydrogens (primary N) is 1. The highest BCUT2D eigenvalue weighted by Crippen LogP contribution is 2.25. The first kappa shape index (κ1) is 14.1. The first-order valence-corrected chi connectivity index (χ1v) is 7.24. The summed E-state index contributed by atoms with van der Waals surface area (Å²) in [5.74, 6) is 0.320. The zero-order chi connectivity index (χ0) is 13.9. The minimum atomic E-state index is -0.691. The van der Waals surface area contributed by atoms with Crippen LogP contribution in [0.3, 0.4) is 0 Å². The van der Waals surface area contributed by atoms with Gasteiger partial charge in [0.25, 0.3) is 5.56 Å². The van der Waals surface area contributed by atoms with Crippen molar-refractivity contribution in [1.29, 1.82) is 0 Å². The zero-order valence-electron chi connectivity index (χ0n) is 10.8. The van der Waals surface area contributed by atoms with Gasteiger partial charge in [-0.25, -0.2) is 4.98 Å². The average Bonchev–Trinajstić information content (AvgIpc) is 3.12. The van der Waals surface area contributed by atoms with E-state index in [1.807, 2.05) is 6.92 Å². The third-order valence-corrected chi connectivity index (χ3v) is 4.02. The van der Waals surface area contributed by atoms with Gasteiger partial charge in [-0.3, -0.25) is 9.59 Å². The first-order valence-electron chi connectivity index (χ1n) is 6.25. The number of nitrogens with one attached hydrogen (secondary N) is 2. The molecule has 0 aromatic carbocycles. The lowest BCUT2D eigenvalue weighted by Crippen LogP contribution is -2.54. The number of amides is 1. The Morgan fingerprint density at radius 2 is 2.42 bits per heavy atom. The van der Waals surface area contributed by atoms with Crippen LogP contribution < -0.4 is 16.6 Å². The van der Waals surface area contributed by atoms with E-state index in [0.29, 0.717) is 23.4 Å².